The third-order valence-electron chi connectivity index (χ3n) is 3.36. The van der Waals surface area contributed by atoms with Crippen molar-refractivity contribution in [3.05, 3.63) is 54.4 Å². The van der Waals surface area contributed by atoms with E-state index in [1.165, 1.54) is 6.26 Å². The average Bonchev–Trinajstić information content (AvgIpc) is 2.53. The zero-order valence-corrected chi connectivity index (χ0v) is 14.6. The molecule has 0 aliphatic heterocycles. The second-order valence-electron chi connectivity index (χ2n) is 5.14. The summed E-state index contributed by atoms with van der Waals surface area (Å²) in [5.41, 5.74) is 1.85. The Balaban J connectivity index is 2.06. The van der Waals surface area contributed by atoms with Crippen LogP contribution in [0.15, 0.2) is 53.7 Å². The molecule has 1 aromatic heterocycles. The molecule has 1 atom stereocenters. The van der Waals surface area contributed by atoms with Gasteiger partial charge in [-0.2, -0.15) is 0 Å². The third kappa shape index (κ3) is 5.01. The number of pyridine rings is 1. The molecule has 1 aromatic carbocycles. The topological polar surface area (TPSA) is 71.1 Å². The number of aromatic nitrogens is 1. The molecular formula is C16H19N3O2S2. The van der Waals surface area contributed by atoms with Gasteiger partial charge in [0.15, 0.2) is 14.9 Å². The first kappa shape index (κ1) is 17.4. The molecule has 0 spiro atoms. The predicted molar refractivity (Wildman–Crippen MR) is 96.2 cm³/mol. The fourth-order valence-electron chi connectivity index (χ4n) is 2.13. The molecule has 0 unspecified atom stereocenters. The highest BCUT2D eigenvalue weighted by Gasteiger charge is 2.13. The van der Waals surface area contributed by atoms with Gasteiger partial charge in [0.25, 0.3) is 0 Å². The van der Waals surface area contributed by atoms with Crippen molar-refractivity contribution in [2.45, 2.75) is 24.3 Å². The number of rotatable bonds is 5. The van der Waals surface area contributed by atoms with Crippen LogP contribution in [0.25, 0.3) is 0 Å². The largest absolute Gasteiger partial charge is 0.356 e. The summed E-state index contributed by atoms with van der Waals surface area (Å²) in [5, 5.41) is 6.85. The maximum Gasteiger partial charge on any atom is 0.175 e. The van der Waals surface area contributed by atoms with Gasteiger partial charge in [0.2, 0.25) is 0 Å². The molecular weight excluding hydrogens is 330 g/mol. The number of nitrogens with zero attached hydrogens (tertiary/aromatic N) is 1. The highest BCUT2D eigenvalue weighted by atomic mass is 32.2. The van der Waals surface area contributed by atoms with Crippen LogP contribution in [0.4, 0.5) is 5.69 Å². The van der Waals surface area contributed by atoms with Crippen molar-refractivity contribution in [1.29, 1.82) is 0 Å². The molecule has 0 amide bonds. The third-order valence-corrected chi connectivity index (χ3v) is 4.71. The molecule has 0 radical (unpaired) electrons. The Morgan fingerprint density at radius 1 is 1.17 bits per heavy atom. The molecule has 0 saturated heterocycles. The summed E-state index contributed by atoms with van der Waals surface area (Å²) < 4.78 is 23.0. The van der Waals surface area contributed by atoms with Crippen LogP contribution in [-0.2, 0) is 9.84 Å². The number of nitrogens with one attached hydrogen (secondary N) is 2. The number of anilines is 1. The minimum atomic E-state index is -3.18. The molecule has 23 heavy (non-hydrogen) atoms. The van der Waals surface area contributed by atoms with E-state index in [1.54, 1.807) is 24.5 Å². The molecule has 0 saturated carbocycles. The summed E-state index contributed by atoms with van der Waals surface area (Å²) in [5.74, 6) is 0. The van der Waals surface area contributed by atoms with Crippen LogP contribution in [0.1, 0.15) is 24.9 Å². The summed E-state index contributed by atoms with van der Waals surface area (Å²) in [6.07, 6.45) is 5.39. The first-order valence-electron chi connectivity index (χ1n) is 7.17. The van der Waals surface area contributed by atoms with Crippen LogP contribution >= 0.6 is 12.2 Å². The van der Waals surface area contributed by atoms with Crippen molar-refractivity contribution >= 4 is 32.9 Å². The van der Waals surface area contributed by atoms with Crippen molar-refractivity contribution in [2.24, 2.45) is 0 Å². The van der Waals surface area contributed by atoms with Crippen LogP contribution in [0.2, 0.25) is 0 Å². The number of hydrogen-bond donors (Lipinski definition) is 2. The van der Waals surface area contributed by atoms with E-state index in [0.29, 0.717) is 10.0 Å². The van der Waals surface area contributed by atoms with Crippen LogP contribution in [-0.4, -0.2) is 24.8 Å². The molecule has 0 aliphatic rings. The van der Waals surface area contributed by atoms with Gasteiger partial charge in [0.1, 0.15) is 0 Å². The van der Waals surface area contributed by atoms with Crippen molar-refractivity contribution in [2.75, 3.05) is 11.6 Å². The molecule has 7 heteroatoms. The molecule has 0 bridgehead atoms. The molecule has 2 N–H and O–H groups in total. The van der Waals surface area contributed by atoms with E-state index in [1.807, 2.05) is 31.2 Å². The van der Waals surface area contributed by atoms with Gasteiger partial charge < -0.3 is 10.6 Å². The lowest BCUT2D eigenvalue weighted by Gasteiger charge is -2.20. The molecule has 0 aliphatic carbocycles. The van der Waals surface area contributed by atoms with E-state index in [-0.39, 0.29) is 6.04 Å². The summed E-state index contributed by atoms with van der Waals surface area (Å²) in [6, 6.07) is 10.5. The minimum absolute atomic E-state index is 0.00504. The first-order valence-corrected chi connectivity index (χ1v) is 9.47. The van der Waals surface area contributed by atoms with Crippen molar-refractivity contribution < 1.29 is 8.42 Å². The van der Waals surface area contributed by atoms with Gasteiger partial charge in [0.05, 0.1) is 10.9 Å². The molecule has 0 fully saturated rings. The van der Waals surface area contributed by atoms with Gasteiger partial charge >= 0.3 is 0 Å². The van der Waals surface area contributed by atoms with Crippen LogP contribution in [0.5, 0.6) is 0 Å². The van der Waals surface area contributed by atoms with Gasteiger partial charge in [-0.3, -0.25) is 4.98 Å². The Hall–Kier alpha value is -1.99. The minimum Gasteiger partial charge on any atom is -0.356 e. The Labute approximate surface area is 142 Å². The summed E-state index contributed by atoms with van der Waals surface area (Å²) >= 11 is 5.33. The van der Waals surface area contributed by atoms with E-state index in [2.05, 4.69) is 15.6 Å². The van der Waals surface area contributed by atoms with Gasteiger partial charge in [-0.15, -0.1) is 0 Å². The Morgan fingerprint density at radius 3 is 2.30 bits per heavy atom. The standard InChI is InChI=1S/C16H19N3O2S2/c1-3-15(12-4-6-14(7-5-12)23(2,20)21)19-16(22)18-13-8-10-17-11-9-13/h4-11,15H,3H2,1-2H3,(H2,17,18,19,22)/t15-/m1/s1. The van der Waals surface area contributed by atoms with Crippen molar-refractivity contribution in [1.82, 2.24) is 10.3 Å². The van der Waals surface area contributed by atoms with Gasteiger partial charge in [0, 0.05) is 24.3 Å². The number of thiocarbonyl (C=S) groups is 1. The lowest BCUT2D eigenvalue weighted by Crippen LogP contribution is -2.32. The molecule has 5 nitrogen and oxygen atoms in total. The highest BCUT2D eigenvalue weighted by Crippen LogP contribution is 2.19. The predicted octanol–water partition coefficient (Wildman–Crippen LogP) is 2.92. The zero-order valence-electron chi connectivity index (χ0n) is 13.0. The molecule has 2 rings (SSSR count). The maximum absolute atomic E-state index is 11.5. The molecule has 122 valence electrons. The fourth-order valence-corrected chi connectivity index (χ4v) is 3.02. The van der Waals surface area contributed by atoms with Crippen molar-refractivity contribution in [3.63, 3.8) is 0 Å². The van der Waals surface area contributed by atoms with Crippen LogP contribution in [0, 0.1) is 0 Å². The first-order chi connectivity index (χ1) is 10.9. The monoisotopic (exact) mass is 349 g/mol. The second kappa shape index (κ2) is 7.52. The van der Waals surface area contributed by atoms with Gasteiger partial charge in [-0.25, -0.2) is 8.42 Å². The van der Waals surface area contributed by atoms with Crippen LogP contribution in [0.3, 0.4) is 0 Å². The normalized spacial score (nSPS) is 12.4. The Morgan fingerprint density at radius 2 is 1.78 bits per heavy atom. The fraction of sp³-hybridized carbons (Fsp3) is 0.250. The maximum atomic E-state index is 11.5. The molecule has 2 aromatic rings. The van der Waals surface area contributed by atoms with E-state index in [9.17, 15) is 8.42 Å². The van der Waals surface area contributed by atoms with Crippen molar-refractivity contribution in [3.8, 4) is 0 Å². The summed E-state index contributed by atoms with van der Waals surface area (Å²) in [6.45, 7) is 2.04. The van der Waals surface area contributed by atoms with Gasteiger partial charge in [-0.05, 0) is 48.5 Å². The lowest BCUT2D eigenvalue weighted by molar-refractivity contribution is 0.601. The lowest BCUT2D eigenvalue weighted by atomic mass is 10.1. The summed E-state index contributed by atoms with van der Waals surface area (Å²) in [4.78, 5) is 4.27. The highest BCUT2D eigenvalue weighted by molar-refractivity contribution is 7.90. The zero-order chi connectivity index (χ0) is 16.9. The van der Waals surface area contributed by atoms with Crippen LogP contribution < -0.4 is 10.6 Å². The van der Waals surface area contributed by atoms with E-state index in [4.69, 9.17) is 12.2 Å². The number of hydrogen-bond acceptors (Lipinski definition) is 4. The second-order valence-corrected chi connectivity index (χ2v) is 7.56. The van der Waals surface area contributed by atoms with E-state index >= 15 is 0 Å². The SMILES string of the molecule is CC[C@@H](NC(=S)Nc1ccncc1)c1ccc(S(C)(=O)=O)cc1. The Kier molecular flexibility index (Phi) is 5.68. The smallest absolute Gasteiger partial charge is 0.175 e. The number of benzene rings is 1. The molecule has 1 heterocycles. The average molecular weight is 349 g/mol. The summed E-state index contributed by atoms with van der Waals surface area (Å²) in [7, 11) is -3.18. The van der Waals surface area contributed by atoms with E-state index in [0.717, 1.165) is 17.7 Å². The quantitative estimate of drug-likeness (QED) is 0.809. The van der Waals surface area contributed by atoms with Gasteiger partial charge in [-0.1, -0.05) is 19.1 Å². The number of sulfone groups is 1. The Bertz CT molecular complexity index is 760. The van der Waals surface area contributed by atoms with E-state index < -0.39 is 9.84 Å².